The highest BCUT2D eigenvalue weighted by molar-refractivity contribution is 5.82. The van der Waals surface area contributed by atoms with Crippen LogP contribution in [-0.2, 0) is 6.42 Å². The molecule has 0 radical (unpaired) electrons. The highest BCUT2D eigenvalue weighted by Gasteiger charge is 1.97. The lowest BCUT2D eigenvalue weighted by atomic mass is 10.0. The predicted octanol–water partition coefficient (Wildman–Crippen LogP) is 3.71. The lowest BCUT2D eigenvalue weighted by molar-refractivity contribution is 0.341. The Hall–Kier alpha value is -1.60. The Morgan fingerprint density at radius 3 is 2.65 bits per heavy atom. The molecule has 0 bridgehead atoms. The molecule has 2 rings (SSSR count). The SMILES string of the molecule is C/C(=C\CO)CCc1ccc2ccccc2c1. The monoisotopic (exact) mass is 226 g/mol. The van der Waals surface area contributed by atoms with Gasteiger partial charge in [0.25, 0.3) is 0 Å². The summed E-state index contributed by atoms with van der Waals surface area (Å²) in [6.45, 7) is 2.21. The summed E-state index contributed by atoms with van der Waals surface area (Å²) in [7, 11) is 0. The average Bonchev–Trinajstić information content (AvgIpc) is 2.36. The fourth-order valence-electron chi connectivity index (χ4n) is 1.99. The highest BCUT2D eigenvalue weighted by atomic mass is 16.2. The largest absolute Gasteiger partial charge is 0.392 e. The number of hydrogen-bond acceptors (Lipinski definition) is 1. The second kappa shape index (κ2) is 5.65. The average molecular weight is 226 g/mol. The van der Waals surface area contributed by atoms with Crippen LogP contribution in [0, 0.1) is 0 Å². The molecule has 0 saturated heterocycles. The second-order valence-electron chi connectivity index (χ2n) is 4.41. The molecule has 0 fully saturated rings. The van der Waals surface area contributed by atoms with Crippen LogP contribution in [0.1, 0.15) is 18.9 Å². The van der Waals surface area contributed by atoms with Gasteiger partial charge in [-0.3, -0.25) is 0 Å². The molecular weight excluding hydrogens is 208 g/mol. The molecule has 0 amide bonds. The molecule has 0 saturated carbocycles. The number of rotatable bonds is 4. The van der Waals surface area contributed by atoms with Crippen molar-refractivity contribution >= 4 is 10.8 Å². The molecule has 0 spiro atoms. The topological polar surface area (TPSA) is 20.2 Å². The van der Waals surface area contributed by atoms with E-state index in [1.807, 2.05) is 6.08 Å². The van der Waals surface area contributed by atoms with Crippen molar-refractivity contribution in [1.29, 1.82) is 0 Å². The Balaban J connectivity index is 2.12. The van der Waals surface area contributed by atoms with E-state index in [2.05, 4.69) is 49.4 Å². The molecule has 0 aromatic heterocycles. The summed E-state index contributed by atoms with van der Waals surface area (Å²) < 4.78 is 0. The molecular formula is C16H18O. The van der Waals surface area contributed by atoms with E-state index in [0.717, 1.165) is 12.8 Å². The molecule has 0 atom stereocenters. The minimum atomic E-state index is 0.142. The van der Waals surface area contributed by atoms with Gasteiger partial charge in [-0.1, -0.05) is 54.1 Å². The second-order valence-corrected chi connectivity index (χ2v) is 4.41. The van der Waals surface area contributed by atoms with Gasteiger partial charge in [0.1, 0.15) is 0 Å². The zero-order valence-corrected chi connectivity index (χ0v) is 10.2. The summed E-state index contributed by atoms with van der Waals surface area (Å²) in [6.07, 6.45) is 3.92. The maximum absolute atomic E-state index is 8.80. The van der Waals surface area contributed by atoms with Crippen LogP contribution in [0.4, 0.5) is 0 Å². The first-order valence-corrected chi connectivity index (χ1v) is 6.04. The van der Waals surface area contributed by atoms with E-state index in [9.17, 15) is 0 Å². The molecule has 1 nitrogen and oxygen atoms in total. The Labute approximate surface area is 102 Å². The molecule has 1 N–H and O–H groups in total. The first-order valence-electron chi connectivity index (χ1n) is 6.04. The van der Waals surface area contributed by atoms with E-state index in [4.69, 9.17) is 5.11 Å². The molecule has 0 aliphatic heterocycles. The predicted molar refractivity (Wildman–Crippen MR) is 73.1 cm³/mol. The molecule has 0 unspecified atom stereocenters. The third-order valence-corrected chi connectivity index (χ3v) is 3.06. The van der Waals surface area contributed by atoms with Gasteiger partial charge in [0.2, 0.25) is 0 Å². The maximum Gasteiger partial charge on any atom is 0.0614 e. The van der Waals surface area contributed by atoms with Gasteiger partial charge in [0.15, 0.2) is 0 Å². The van der Waals surface area contributed by atoms with Crippen LogP contribution >= 0.6 is 0 Å². The van der Waals surface area contributed by atoms with Crippen molar-refractivity contribution in [2.45, 2.75) is 19.8 Å². The zero-order chi connectivity index (χ0) is 12.1. The fourth-order valence-corrected chi connectivity index (χ4v) is 1.99. The fraction of sp³-hybridized carbons (Fsp3) is 0.250. The van der Waals surface area contributed by atoms with Crippen molar-refractivity contribution in [3.63, 3.8) is 0 Å². The molecule has 2 aromatic carbocycles. The molecule has 0 aliphatic rings. The van der Waals surface area contributed by atoms with Crippen LogP contribution in [-0.4, -0.2) is 11.7 Å². The van der Waals surface area contributed by atoms with Crippen LogP contribution in [0.2, 0.25) is 0 Å². The minimum Gasteiger partial charge on any atom is -0.392 e. The first-order chi connectivity index (χ1) is 8.29. The van der Waals surface area contributed by atoms with E-state index >= 15 is 0 Å². The lowest BCUT2D eigenvalue weighted by Crippen LogP contribution is -1.88. The molecule has 0 aliphatic carbocycles. The number of aryl methyl sites for hydroxylation is 1. The van der Waals surface area contributed by atoms with Gasteiger partial charge in [-0.25, -0.2) is 0 Å². The van der Waals surface area contributed by atoms with Crippen LogP contribution in [0.15, 0.2) is 54.1 Å². The number of aliphatic hydroxyl groups excluding tert-OH is 1. The summed E-state index contributed by atoms with van der Waals surface area (Å²) in [4.78, 5) is 0. The van der Waals surface area contributed by atoms with Gasteiger partial charge in [-0.15, -0.1) is 0 Å². The van der Waals surface area contributed by atoms with Gasteiger partial charge >= 0.3 is 0 Å². The molecule has 1 heteroatoms. The summed E-state index contributed by atoms with van der Waals surface area (Å²) in [6, 6.07) is 15.0. The van der Waals surface area contributed by atoms with Crippen LogP contribution in [0.3, 0.4) is 0 Å². The van der Waals surface area contributed by atoms with Crippen molar-refractivity contribution < 1.29 is 5.11 Å². The normalized spacial score (nSPS) is 12.0. The third kappa shape index (κ3) is 3.18. The van der Waals surface area contributed by atoms with Crippen molar-refractivity contribution in [2.24, 2.45) is 0 Å². The van der Waals surface area contributed by atoms with Crippen molar-refractivity contribution in [3.8, 4) is 0 Å². The number of allylic oxidation sites excluding steroid dienone is 1. The Morgan fingerprint density at radius 2 is 1.88 bits per heavy atom. The van der Waals surface area contributed by atoms with Gasteiger partial charge in [-0.2, -0.15) is 0 Å². The molecule has 2 aromatic rings. The Morgan fingerprint density at radius 1 is 1.12 bits per heavy atom. The Kier molecular flexibility index (Phi) is 3.94. The number of fused-ring (bicyclic) bond motifs is 1. The lowest BCUT2D eigenvalue weighted by Gasteiger charge is -2.04. The van der Waals surface area contributed by atoms with Gasteiger partial charge < -0.3 is 5.11 Å². The summed E-state index contributed by atoms with van der Waals surface area (Å²) >= 11 is 0. The molecule has 88 valence electrons. The summed E-state index contributed by atoms with van der Waals surface area (Å²) in [5.41, 5.74) is 2.61. The summed E-state index contributed by atoms with van der Waals surface area (Å²) in [5, 5.41) is 11.4. The highest BCUT2D eigenvalue weighted by Crippen LogP contribution is 2.17. The zero-order valence-electron chi connectivity index (χ0n) is 10.2. The Bertz CT molecular complexity index is 526. The third-order valence-electron chi connectivity index (χ3n) is 3.06. The van der Waals surface area contributed by atoms with E-state index in [1.54, 1.807) is 0 Å². The van der Waals surface area contributed by atoms with Crippen molar-refractivity contribution in [1.82, 2.24) is 0 Å². The van der Waals surface area contributed by atoms with Gasteiger partial charge in [-0.05, 0) is 36.1 Å². The van der Waals surface area contributed by atoms with E-state index in [1.165, 1.54) is 21.9 Å². The van der Waals surface area contributed by atoms with E-state index in [-0.39, 0.29) is 6.61 Å². The minimum absolute atomic E-state index is 0.142. The molecule has 17 heavy (non-hydrogen) atoms. The van der Waals surface area contributed by atoms with Crippen LogP contribution in [0.5, 0.6) is 0 Å². The van der Waals surface area contributed by atoms with E-state index in [0.29, 0.717) is 0 Å². The maximum atomic E-state index is 8.80. The molecule has 0 heterocycles. The number of aliphatic hydroxyl groups is 1. The van der Waals surface area contributed by atoms with Crippen LogP contribution in [0.25, 0.3) is 10.8 Å². The van der Waals surface area contributed by atoms with Crippen molar-refractivity contribution in [2.75, 3.05) is 6.61 Å². The van der Waals surface area contributed by atoms with Crippen LogP contribution < -0.4 is 0 Å². The first kappa shape index (κ1) is 11.9. The van der Waals surface area contributed by atoms with E-state index < -0.39 is 0 Å². The smallest absolute Gasteiger partial charge is 0.0614 e. The van der Waals surface area contributed by atoms with Gasteiger partial charge in [0.05, 0.1) is 6.61 Å². The van der Waals surface area contributed by atoms with Crippen molar-refractivity contribution in [3.05, 3.63) is 59.7 Å². The quantitative estimate of drug-likeness (QED) is 0.788. The standard InChI is InChI=1S/C16H18O/c1-13(10-11-17)6-7-14-8-9-15-4-2-3-5-16(15)12-14/h2-5,8-10,12,17H,6-7,11H2,1H3/b13-10+. The number of hydrogen-bond donors (Lipinski definition) is 1. The number of benzene rings is 2. The summed E-state index contributed by atoms with van der Waals surface area (Å²) in [5.74, 6) is 0. The van der Waals surface area contributed by atoms with Gasteiger partial charge in [0, 0.05) is 0 Å².